The second kappa shape index (κ2) is 16.0. The van der Waals surface area contributed by atoms with Gasteiger partial charge in [-0.1, -0.05) is 176 Å². The Labute approximate surface area is 403 Å². The molecule has 0 amide bonds. The van der Waals surface area contributed by atoms with Gasteiger partial charge in [0.05, 0.1) is 16.7 Å². The first-order valence-corrected chi connectivity index (χ1v) is 24.5. The van der Waals surface area contributed by atoms with Gasteiger partial charge in [-0.05, 0) is 145 Å². The van der Waals surface area contributed by atoms with E-state index in [1.54, 1.807) is 0 Å². The Balaban J connectivity index is 0.831. The number of hydrogen-bond donors (Lipinski definition) is 0. The maximum absolute atomic E-state index is 2.42. The SMILES string of the molecule is c1ccc(-c2ccc(N(c3ccc(-c4ccc5c(c4)c4ccccc4n5-c4ccc(-c5ccc6c7ccccc7c7ccccc7c6c5)cc4)cc3)c3cccc4sc5ccccc5c34)cc2)cc1. The molecular weight excluding hydrogens is 853 g/mol. The molecule has 12 aromatic carbocycles. The molecule has 69 heavy (non-hydrogen) atoms. The zero-order chi connectivity index (χ0) is 45.4. The summed E-state index contributed by atoms with van der Waals surface area (Å²) in [4.78, 5) is 2.42. The molecule has 0 bridgehead atoms. The van der Waals surface area contributed by atoms with E-state index in [0.29, 0.717) is 0 Å². The third kappa shape index (κ3) is 6.47. The predicted octanol–water partition coefficient (Wildman–Crippen LogP) is 19.1. The number of fused-ring (bicyclic) bond motifs is 12. The van der Waals surface area contributed by atoms with Crippen molar-refractivity contribution in [2.45, 2.75) is 0 Å². The van der Waals surface area contributed by atoms with E-state index >= 15 is 0 Å². The van der Waals surface area contributed by atoms with Gasteiger partial charge in [-0.3, -0.25) is 0 Å². The van der Waals surface area contributed by atoms with E-state index < -0.39 is 0 Å². The van der Waals surface area contributed by atoms with E-state index in [0.717, 1.165) is 17.1 Å². The molecule has 3 heteroatoms. The van der Waals surface area contributed by atoms with Crippen LogP contribution in [0.3, 0.4) is 0 Å². The molecule has 0 saturated carbocycles. The third-order valence-electron chi connectivity index (χ3n) is 14.2. The van der Waals surface area contributed by atoms with Crippen LogP contribution in [0.2, 0.25) is 0 Å². The van der Waals surface area contributed by atoms with Gasteiger partial charge in [0.2, 0.25) is 0 Å². The van der Waals surface area contributed by atoms with Crippen LogP contribution in [0.5, 0.6) is 0 Å². The van der Waals surface area contributed by atoms with Gasteiger partial charge in [0, 0.05) is 48.0 Å². The van der Waals surface area contributed by atoms with Crippen LogP contribution >= 0.6 is 11.3 Å². The van der Waals surface area contributed by atoms with Crippen LogP contribution < -0.4 is 4.90 Å². The summed E-state index contributed by atoms with van der Waals surface area (Å²) in [6.45, 7) is 0. The monoisotopic (exact) mass is 894 g/mol. The van der Waals surface area contributed by atoms with E-state index in [1.807, 2.05) is 11.3 Å². The molecule has 0 saturated heterocycles. The van der Waals surface area contributed by atoms with Crippen LogP contribution in [0.1, 0.15) is 0 Å². The molecule has 0 fully saturated rings. The van der Waals surface area contributed by atoms with Crippen molar-refractivity contribution in [3.05, 3.63) is 255 Å². The van der Waals surface area contributed by atoms with Crippen LogP contribution in [0.15, 0.2) is 255 Å². The Morgan fingerprint density at radius 1 is 0.275 bits per heavy atom. The molecule has 322 valence electrons. The first-order chi connectivity index (χ1) is 34.2. The second-order valence-corrected chi connectivity index (χ2v) is 19.1. The number of para-hydroxylation sites is 1. The van der Waals surface area contributed by atoms with Crippen molar-refractivity contribution in [1.29, 1.82) is 0 Å². The first kappa shape index (κ1) is 39.4. The fraction of sp³-hybridized carbons (Fsp3) is 0. The molecule has 2 nitrogen and oxygen atoms in total. The second-order valence-electron chi connectivity index (χ2n) is 18.0. The van der Waals surface area contributed by atoms with Crippen LogP contribution in [-0.4, -0.2) is 4.57 Å². The van der Waals surface area contributed by atoms with Crippen LogP contribution in [0.25, 0.3) is 113 Å². The number of benzene rings is 12. The van der Waals surface area contributed by atoms with E-state index in [-0.39, 0.29) is 0 Å². The molecule has 14 rings (SSSR count). The Hall–Kier alpha value is -8.76. The molecule has 0 atom stereocenters. The fourth-order valence-corrected chi connectivity index (χ4v) is 12.1. The lowest BCUT2D eigenvalue weighted by molar-refractivity contribution is 1.18. The van der Waals surface area contributed by atoms with Crippen LogP contribution in [0, 0.1) is 0 Å². The molecule has 14 aromatic rings. The quantitative estimate of drug-likeness (QED) is 0.145. The molecular formula is C66H42N2S. The third-order valence-corrected chi connectivity index (χ3v) is 15.3. The standard InChI is InChI=1S/C66H42N2S/c1-2-13-43(14-3-1)44-25-33-49(34-26-44)67(63-22-12-24-65-66(63)58-20-9-11-23-64(58)69-65)50-35-27-46(28-36-50)48-32-40-62-60(42-48)57-19-8-10-21-61(57)68(62)51-37-29-45(30-38-51)47-31-39-56-54-17-5-4-15-52(54)53-16-6-7-18-55(53)59(56)41-47/h1-42H. The van der Waals surface area contributed by atoms with Gasteiger partial charge in [0.25, 0.3) is 0 Å². The van der Waals surface area contributed by atoms with E-state index in [2.05, 4.69) is 264 Å². The summed E-state index contributed by atoms with van der Waals surface area (Å²) in [5.74, 6) is 0. The van der Waals surface area contributed by atoms with Crippen molar-refractivity contribution in [2.24, 2.45) is 0 Å². The molecule has 2 heterocycles. The van der Waals surface area contributed by atoms with Gasteiger partial charge in [0.1, 0.15) is 0 Å². The maximum atomic E-state index is 2.42. The molecule has 2 aromatic heterocycles. The van der Waals surface area contributed by atoms with Gasteiger partial charge in [-0.15, -0.1) is 11.3 Å². The highest BCUT2D eigenvalue weighted by Gasteiger charge is 2.20. The maximum Gasteiger partial charge on any atom is 0.0554 e. The Morgan fingerprint density at radius 3 is 1.39 bits per heavy atom. The van der Waals surface area contributed by atoms with Crippen molar-refractivity contribution in [3.63, 3.8) is 0 Å². The summed E-state index contributed by atoms with van der Waals surface area (Å²) in [5.41, 5.74) is 14.1. The smallest absolute Gasteiger partial charge is 0.0554 e. The fourth-order valence-electron chi connectivity index (χ4n) is 10.9. The van der Waals surface area contributed by atoms with Gasteiger partial charge in [0.15, 0.2) is 0 Å². The van der Waals surface area contributed by atoms with Crippen molar-refractivity contribution >= 4 is 103 Å². The van der Waals surface area contributed by atoms with Crippen molar-refractivity contribution in [1.82, 2.24) is 4.57 Å². The van der Waals surface area contributed by atoms with E-state index in [4.69, 9.17) is 0 Å². The summed E-state index contributed by atoms with van der Waals surface area (Å²) in [7, 11) is 0. The van der Waals surface area contributed by atoms with Gasteiger partial charge in [-0.25, -0.2) is 0 Å². The normalized spacial score (nSPS) is 11.8. The van der Waals surface area contributed by atoms with Crippen molar-refractivity contribution in [2.75, 3.05) is 4.90 Å². The molecule has 0 aliphatic heterocycles. The van der Waals surface area contributed by atoms with Crippen molar-refractivity contribution in [3.8, 4) is 39.1 Å². The topological polar surface area (TPSA) is 8.17 Å². The zero-order valence-corrected chi connectivity index (χ0v) is 38.4. The highest BCUT2D eigenvalue weighted by atomic mass is 32.1. The minimum atomic E-state index is 1.11. The number of nitrogens with zero attached hydrogens (tertiary/aromatic N) is 2. The van der Waals surface area contributed by atoms with Gasteiger partial charge < -0.3 is 9.47 Å². The molecule has 0 aliphatic rings. The van der Waals surface area contributed by atoms with E-state index in [9.17, 15) is 0 Å². The number of aromatic nitrogens is 1. The molecule has 0 spiro atoms. The lowest BCUT2D eigenvalue weighted by atomic mass is 9.92. The summed E-state index contributed by atoms with van der Waals surface area (Å²) < 4.78 is 5.00. The number of hydrogen-bond acceptors (Lipinski definition) is 2. The Morgan fingerprint density at radius 2 is 0.725 bits per heavy atom. The predicted molar refractivity (Wildman–Crippen MR) is 297 cm³/mol. The first-order valence-electron chi connectivity index (χ1n) is 23.7. The minimum absolute atomic E-state index is 1.11. The van der Waals surface area contributed by atoms with Crippen LogP contribution in [0.4, 0.5) is 17.1 Å². The van der Waals surface area contributed by atoms with Gasteiger partial charge >= 0.3 is 0 Å². The molecule has 0 aliphatic carbocycles. The highest BCUT2D eigenvalue weighted by molar-refractivity contribution is 7.26. The number of thiophene rings is 1. The Bertz CT molecular complexity index is 4240. The molecule has 0 N–H and O–H groups in total. The van der Waals surface area contributed by atoms with Crippen LogP contribution in [-0.2, 0) is 0 Å². The summed E-state index contributed by atoms with van der Waals surface area (Å²) in [6, 6.07) is 93.6. The Kier molecular flexibility index (Phi) is 9.11. The highest BCUT2D eigenvalue weighted by Crippen LogP contribution is 2.46. The zero-order valence-electron chi connectivity index (χ0n) is 37.6. The van der Waals surface area contributed by atoms with Gasteiger partial charge in [-0.2, -0.15) is 0 Å². The lowest BCUT2D eigenvalue weighted by Gasteiger charge is -2.27. The van der Waals surface area contributed by atoms with E-state index in [1.165, 1.54) is 113 Å². The lowest BCUT2D eigenvalue weighted by Crippen LogP contribution is -2.10. The average Bonchev–Trinajstić information content (AvgIpc) is 3.98. The minimum Gasteiger partial charge on any atom is -0.310 e. The summed E-state index contributed by atoms with van der Waals surface area (Å²) in [5, 5.41) is 12.8. The summed E-state index contributed by atoms with van der Waals surface area (Å²) in [6.07, 6.45) is 0. The number of anilines is 3. The average molecular weight is 895 g/mol. The number of rotatable bonds is 7. The summed E-state index contributed by atoms with van der Waals surface area (Å²) >= 11 is 1.86. The largest absolute Gasteiger partial charge is 0.310 e. The van der Waals surface area contributed by atoms with Crippen molar-refractivity contribution < 1.29 is 0 Å². The molecule has 0 unspecified atom stereocenters. The molecule has 0 radical (unpaired) electrons.